The molecule has 6 heteroatoms. The van der Waals surface area contributed by atoms with Gasteiger partial charge in [-0.1, -0.05) is 19.1 Å². The van der Waals surface area contributed by atoms with Gasteiger partial charge < -0.3 is 15.2 Å². The van der Waals surface area contributed by atoms with Crippen molar-refractivity contribution in [2.24, 2.45) is 22.1 Å². The number of aliphatic imine (C=N–C) groups is 1. The summed E-state index contributed by atoms with van der Waals surface area (Å²) in [6.07, 6.45) is 4.72. The van der Waals surface area contributed by atoms with Crippen LogP contribution in [0.15, 0.2) is 41.7 Å². The summed E-state index contributed by atoms with van der Waals surface area (Å²) in [4.78, 5) is 8.83. The highest BCUT2D eigenvalue weighted by molar-refractivity contribution is 5.76. The van der Waals surface area contributed by atoms with E-state index in [1.165, 1.54) is 6.20 Å². The number of nitrogens with zero attached hydrogens (tertiary/aromatic N) is 3. The zero-order valence-corrected chi connectivity index (χ0v) is 16.7. The number of hydrogen-bond donors (Lipinski definition) is 1. The number of aromatic nitrogens is 1. The second kappa shape index (κ2) is 6.82. The average molecular weight is 408 g/mol. The van der Waals surface area contributed by atoms with E-state index in [2.05, 4.69) is 16.0 Å². The van der Waals surface area contributed by atoms with Crippen molar-refractivity contribution >= 4 is 6.02 Å². The van der Waals surface area contributed by atoms with E-state index in [0.717, 1.165) is 16.7 Å². The molecule has 0 saturated heterocycles. The molecule has 4 atom stereocenters. The lowest BCUT2D eigenvalue weighted by Gasteiger charge is -2.47. The second-order valence-corrected chi connectivity index (χ2v) is 8.64. The van der Waals surface area contributed by atoms with Gasteiger partial charge in [0.15, 0.2) is 0 Å². The molecule has 2 aliphatic carbocycles. The van der Waals surface area contributed by atoms with E-state index in [1.54, 1.807) is 12.3 Å². The molecule has 1 aliphatic heterocycles. The van der Waals surface area contributed by atoms with Crippen LogP contribution in [0.25, 0.3) is 11.1 Å². The SMILES string of the molecule is [2H]C([2H])([2H])O[C@@H]1CC[C@]2(Cc3ccc(-c4cncc(C#N)c4)cc3[C@]23N=C(N)OC3([2H])[2H])C[C@H]1C. The van der Waals surface area contributed by atoms with E-state index in [1.807, 2.05) is 25.1 Å². The van der Waals surface area contributed by atoms with E-state index < -0.39 is 30.7 Å². The summed E-state index contributed by atoms with van der Waals surface area (Å²) in [6, 6.07) is 9.45. The summed E-state index contributed by atoms with van der Waals surface area (Å²) in [5.74, 6) is -0.140. The Balaban J connectivity index is 1.62. The molecule has 0 bridgehead atoms. The third-order valence-corrected chi connectivity index (χ3v) is 6.98. The van der Waals surface area contributed by atoms with Crippen LogP contribution in [0.4, 0.5) is 0 Å². The van der Waals surface area contributed by atoms with Gasteiger partial charge in [0.25, 0.3) is 6.02 Å². The summed E-state index contributed by atoms with van der Waals surface area (Å²) in [5.41, 5.74) is 7.53. The highest BCUT2D eigenvalue weighted by atomic mass is 16.5. The molecule has 1 aromatic carbocycles. The lowest BCUT2D eigenvalue weighted by atomic mass is 9.59. The molecule has 2 aromatic rings. The quantitative estimate of drug-likeness (QED) is 0.822. The van der Waals surface area contributed by atoms with E-state index in [9.17, 15) is 5.26 Å². The lowest BCUT2D eigenvalue weighted by Crippen LogP contribution is -2.48. The van der Waals surface area contributed by atoms with Crippen molar-refractivity contribution in [2.45, 2.75) is 44.2 Å². The van der Waals surface area contributed by atoms with Crippen molar-refractivity contribution in [3.05, 3.63) is 53.3 Å². The number of fused-ring (bicyclic) bond motifs is 3. The van der Waals surface area contributed by atoms with Gasteiger partial charge in [-0.25, -0.2) is 4.99 Å². The molecule has 6 nitrogen and oxygen atoms in total. The van der Waals surface area contributed by atoms with Crippen molar-refractivity contribution < 1.29 is 16.3 Å². The van der Waals surface area contributed by atoms with Crippen molar-refractivity contribution in [1.82, 2.24) is 4.98 Å². The molecule has 3 aliphatic rings. The number of methoxy groups -OCH3 is 1. The minimum absolute atomic E-state index is 0.140. The summed E-state index contributed by atoms with van der Waals surface area (Å²) in [7, 11) is -2.49. The van der Waals surface area contributed by atoms with Crippen LogP contribution in [0.1, 0.15) is 49.7 Å². The minimum atomic E-state index is -2.49. The molecule has 2 N–H and O–H groups in total. The fraction of sp³-hybridized carbons (Fsp3) is 0.458. The number of amidine groups is 1. The maximum Gasteiger partial charge on any atom is 0.283 e. The minimum Gasteiger partial charge on any atom is -0.462 e. The average Bonchev–Trinajstić information content (AvgIpc) is 3.19. The van der Waals surface area contributed by atoms with Gasteiger partial charge in [0.1, 0.15) is 18.2 Å². The zero-order valence-electron chi connectivity index (χ0n) is 21.7. The fourth-order valence-electron chi connectivity index (χ4n) is 5.58. The number of ether oxygens (including phenoxy) is 2. The summed E-state index contributed by atoms with van der Waals surface area (Å²) in [6.45, 7) is -0.262. The van der Waals surface area contributed by atoms with Crippen LogP contribution < -0.4 is 5.73 Å². The third kappa shape index (κ3) is 2.65. The van der Waals surface area contributed by atoms with Crippen LogP contribution in [0.5, 0.6) is 0 Å². The van der Waals surface area contributed by atoms with Gasteiger partial charge in [-0.3, -0.25) is 4.98 Å². The maximum absolute atomic E-state index is 9.28. The molecule has 5 rings (SSSR count). The van der Waals surface area contributed by atoms with Gasteiger partial charge in [0.05, 0.1) is 18.5 Å². The Hall–Kier alpha value is -2.91. The molecule has 2 spiro atoms. The van der Waals surface area contributed by atoms with E-state index in [0.29, 0.717) is 36.8 Å². The van der Waals surface area contributed by atoms with Gasteiger partial charge in [0.2, 0.25) is 0 Å². The number of nitrogens with two attached hydrogens (primary N) is 1. The van der Waals surface area contributed by atoms with Crippen LogP contribution in [-0.4, -0.2) is 30.7 Å². The topological polar surface area (TPSA) is 93.5 Å². The van der Waals surface area contributed by atoms with Gasteiger partial charge in [-0.15, -0.1) is 0 Å². The normalized spacial score (nSPS) is 36.5. The van der Waals surface area contributed by atoms with Crippen molar-refractivity contribution in [1.29, 1.82) is 5.26 Å². The first-order valence-corrected chi connectivity index (χ1v) is 10.1. The van der Waals surface area contributed by atoms with Crippen molar-refractivity contribution in [3.8, 4) is 17.2 Å². The second-order valence-electron chi connectivity index (χ2n) is 8.64. The largest absolute Gasteiger partial charge is 0.462 e. The molecular formula is C24H26N4O2. The molecule has 0 unspecified atom stereocenters. The van der Waals surface area contributed by atoms with Gasteiger partial charge in [0, 0.05) is 30.4 Å². The Bertz CT molecular complexity index is 1260. The number of hydrogen-bond acceptors (Lipinski definition) is 6. The highest BCUT2D eigenvalue weighted by Gasteiger charge is 2.62. The smallest absolute Gasteiger partial charge is 0.283 e. The van der Waals surface area contributed by atoms with Crippen LogP contribution in [0.2, 0.25) is 0 Å². The Kier molecular flexibility index (Phi) is 3.22. The molecule has 1 aromatic heterocycles. The number of rotatable bonds is 2. The van der Waals surface area contributed by atoms with Crippen LogP contribution >= 0.6 is 0 Å². The molecule has 30 heavy (non-hydrogen) atoms. The zero-order chi connectivity index (χ0) is 25.2. The highest BCUT2D eigenvalue weighted by Crippen LogP contribution is 2.62. The Labute approximate surface area is 183 Å². The van der Waals surface area contributed by atoms with Gasteiger partial charge >= 0.3 is 0 Å². The Morgan fingerprint density at radius 3 is 3.00 bits per heavy atom. The Morgan fingerprint density at radius 2 is 2.27 bits per heavy atom. The molecule has 0 amide bonds. The Morgan fingerprint density at radius 1 is 1.37 bits per heavy atom. The standard InChI is InChI=1S/C24H26N4O2/c1-15-9-23(6-5-21(15)29-2)10-18-4-3-17(19-7-16(11-25)12-27-13-19)8-20(18)24(23)14-30-22(26)28-24/h3-4,7-8,12-13,15,21H,5-6,9-10,14H2,1-2H3,(H2,26,28)/t15-,21-,23-,24+/m1/s1/i2D3,14D2. The molecule has 0 radical (unpaired) electrons. The van der Waals surface area contributed by atoms with Gasteiger partial charge in [-0.05, 0) is 60.4 Å². The first-order chi connectivity index (χ1) is 16.4. The van der Waals surface area contributed by atoms with Crippen LogP contribution in [0.3, 0.4) is 0 Å². The van der Waals surface area contributed by atoms with Crippen LogP contribution in [0, 0.1) is 22.7 Å². The maximum atomic E-state index is 9.28. The third-order valence-electron chi connectivity index (χ3n) is 6.98. The predicted molar refractivity (Wildman–Crippen MR) is 114 cm³/mol. The summed E-state index contributed by atoms with van der Waals surface area (Å²) < 4.78 is 51.3. The van der Waals surface area contributed by atoms with Crippen molar-refractivity contribution in [2.75, 3.05) is 13.6 Å². The van der Waals surface area contributed by atoms with Gasteiger partial charge in [-0.2, -0.15) is 5.26 Å². The number of benzene rings is 1. The first kappa shape index (κ1) is 14.2. The molecule has 1 fully saturated rings. The lowest BCUT2D eigenvalue weighted by molar-refractivity contribution is -0.0445. The predicted octanol–water partition coefficient (Wildman–Crippen LogP) is 3.54. The molecule has 154 valence electrons. The number of pyridine rings is 1. The monoisotopic (exact) mass is 407 g/mol. The summed E-state index contributed by atoms with van der Waals surface area (Å²) in [5, 5.41) is 9.28. The number of nitriles is 1. The van der Waals surface area contributed by atoms with Crippen molar-refractivity contribution in [3.63, 3.8) is 0 Å². The fourth-order valence-corrected chi connectivity index (χ4v) is 5.58. The van der Waals surface area contributed by atoms with E-state index in [-0.39, 0.29) is 11.9 Å². The van der Waals surface area contributed by atoms with E-state index in [4.69, 9.17) is 22.1 Å². The van der Waals surface area contributed by atoms with Crippen LogP contribution in [-0.2, 0) is 21.4 Å². The molecule has 2 heterocycles. The molecule has 1 saturated carbocycles. The van der Waals surface area contributed by atoms with E-state index >= 15 is 0 Å². The first-order valence-electron chi connectivity index (χ1n) is 12.6. The molecular weight excluding hydrogens is 376 g/mol. The summed E-state index contributed by atoms with van der Waals surface area (Å²) >= 11 is 0.